The summed E-state index contributed by atoms with van der Waals surface area (Å²) in [7, 11) is 0. The van der Waals surface area contributed by atoms with Gasteiger partial charge in [0.25, 0.3) is 0 Å². The molecule has 0 aliphatic carbocycles. The van der Waals surface area contributed by atoms with E-state index in [0.29, 0.717) is 13.1 Å². The van der Waals surface area contributed by atoms with Gasteiger partial charge in [0.1, 0.15) is 5.76 Å². The molecule has 2 N–H and O–H groups in total. The topological polar surface area (TPSA) is 76.4 Å². The van der Waals surface area contributed by atoms with Crippen molar-refractivity contribution < 1.29 is 14.1 Å². The van der Waals surface area contributed by atoms with Crippen LogP contribution in [-0.4, -0.2) is 36.9 Å². The summed E-state index contributed by atoms with van der Waals surface area (Å²) < 4.78 is 10.3. The standard InChI is InChI=1S/C13H21N3O3/c1-9-12(10(2)19-16-9)7-14-8-13(17)15-11-3-5-18-6-4-11/h11,14H,3-8H2,1-2H3,(H,15,17). The Morgan fingerprint density at radius 1 is 1.37 bits per heavy atom. The maximum Gasteiger partial charge on any atom is 0.234 e. The van der Waals surface area contributed by atoms with E-state index in [1.165, 1.54) is 0 Å². The van der Waals surface area contributed by atoms with Crippen LogP contribution in [0.1, 0.15) is 29.9 Å². The van der Waals surface area contributed by atoms with E-state index in [-0.39, 0.29) is 11.9 Å². The van der Waals surface area contributed by atoms with Crippen molar-refractivity contribution in [1.29, 1.82) is 0 Å². The van der Waals surface area contributed by atoms with Crippen LogP contribution in [0.2, 0.25) is 0 Å². The fourth-order valence-corrected chi connectivity index (χ4v) is 2.18. The highest BCUT2D eigenvalue weighted by Gasteiger charge is 2.16. The number of hydrogen-bond acceptors (Lipinski definition) is 5. The van der Waals surface area contributed by atoms with E-state index in [2.05, 4.69) is 15.8 Å². The molecule has 1 amide bonds. The highest BCUT2D eigenvalue weighted by Crippen LogP contribution is 2.11. The van der Waals surface area contributed by atoms with Crippen LogP contribution in [0.15, 0.2) is 4.52 Å². The number of hydrogen-bond donors (Lipinski definition) is 2. The quantitative estimate of drug-likeness (QED) is 0.820. The van der Waals surface area contributed by atoms with Crippen molar-refractivity contribution in [2.75, 3.05) is 19.8 Å². The van der Waals surface area contributed by atoms with Crippen LogP contribution in [0.4, 0.5) is 0 Å². The van der Waals surface area contributed by atoms with Crippen molar-refractivity contribution in [3.05, 3.63) is 17.0 Å². The zero-order chi connectivity index (χ0) is 13.7. The lowest BCUT2D eigenvalue weighted by Crippen LogP contribution is -2.42. The predicted octanol–water partition coefficient (Wildman–Crippen LogP) is 0.676. The number of amides is 1. The van der Waals surface area contributed by atoms with Crippen LogP contribution in [0.3, 0.4) is 0 Å². The molecule has 1 aliphatic rings. The van der Waals surface area contributed by atoms with E-state index < -0.39 is 0 Å². The van der Waals surface area contributed by atoms with Crippen molar-refractivity contribution >= 4 is 5.91 Å². The van der Waals surface area contributed by atoms with Crippen molar-refractivity contribution in [2.24, 2.45) is 0 Å². The van der Waals surface area contributed by atoms with Crippen molar-refractivity contribution in [3.63, 3.8) is 0 Å². The smallest absolute Gasteiger partial charge is 0.234 e. The van der Waals surface area contributed by atoms with Crippen LogP contribution in [0.5, 0.6) is 0 Å². The van der Waals surface area contributed by atoms with Crippen LogP contribution < -0.4 is 10.6 Å². The predicted molar refractivity (Wildman–Crippen MR) is 69.7 cm³/mol. The molecule has 0 radical (unpaired) electrons. The Morgan fingerprint density at radius 3 is 2.74 bits per heavy atom. The first-order chi connectivity index (χ1) is 9.16. The van der Waals surface area contributed by atoms with E-state index in [1.807, 2.05) is 13.8 Å². The second kappa shape index (κ2) is 6.68. The van der Waals surface area contributed by atoms with Crippen molar-refractivity contribution in [3.8, 4) is 0 Å². The molecule has 106 valence electrons. The van der Waals surface area contributed by atoms with E-state index in [9.17, 15) is 4.79 Å². The zero-order valence-electron chi connectivity index (χ0n) is 11.5. The Labute approximate surface area is 112 Å². The van der Waals surface area contributed by atoms with E-state index in [0.717, 1.165) is 43.1 Å². The van der Waals surface area contributed by atoms with Gasteiger partial charge in [0.05, 0.1) is 12.2 Å². The maximum atomic E-state index is 11.8. The number of aryl methyl sites for hydroxylation is 2. The van der Waals surface area contributed by atoms with E-state index in [4.69, 9.17) is 9.26 Å². The minimum atomic E-state index is 0.0265. The Bertz CT molecular complexity index is 405. The van der Waals surface area contributed by atoms with E-state index >= 15 is 0 Å². The second-order valence-electron chi connectivity index (χ2n) is 4.86. The number of nitrogens with zero attached hydrogens (tertiary/aromatic N) is 1. The third-order valence-electron chi connectivity index (χ3n) is 3.35. The summed E-state index contributed by atoms with van der Waals surface area (Å²) in [5.74, 6) is 0.827. The van der Waals surface area contributed by atoms with Crippen molar-refractivity contribution in [1.82, 2.24) is 15.8 Å². The molecule has 0 bridgehead atoms. The van der Waals surface area contributed by atoms with Crippen LogP contribution >= 0.6 is 0 Å². The van der Waals surface area contributed by atoms with Crippen molar-refractivity contribution in [2.45, 2.75) is 39.3 Å². The SMILES string of the molecule is Cc1noc(C)c1CNCC(=O)NC1CCOCC1. The molecular formula is C13H21N3O3. The summed E-state index contributed by atoms with van der Waals surface area (Å²) in [4.78, 5) is 11.8. The molecule has 1 fully saturated rings. The molecule has 0 spiro atoms. The van der Waals surface area contributed by atoms with Gasteiger partial charge in [-0.1, -0.05) is 5.16 Å². The Hall–Kier alpha value is -1.40. The minimum Gasteiger partial charge on any atom is -0.381 e. The van der Waals surface area contributed by atoms with E-state index in [1.54, 1.807) is 0 Å². The first-order valence-corrected chi connectivity index (χ1v) is 6.66. The monoisotopic (exact) mass is 267 g/mol. The summed E-state index contributed by atoms with van der Waals surface area (Å²) >= 11 is 0. The van der Waals surface area contributed by atoms with Crippen LogP contribution in [0.25, 0.3) is 0 Å². The normalized spacial score (nSPS) is 16.5. The number of rotatable bonds is 5. The third kappa shape index (κ3) is 4.04. The summed E-state index contributed by atoms with van der Waals surface area (Å²) in [6.07, 6.45) is 1.80. The summed E-state index contributed by atoms with van der Waals surface area (Å²) in [5, 5.41) is 10.0. The molecule has 1 aliphatic heterocycles. The van der Waals surface area contributed by atoms with Gasteiger partial charge >= 0.3 is 0 Å². The molecular weight excluding hydrogens is 246 g/mol. The van der Waals surface area contributed by atoms with Gasteiger partial charge in [-0.2, -0.15) is 0 Å². The third-order valence-corrected chi connectivity index (χ3v) is 3.35. The molecule has 6 heteroatoms. The fraction of sp³-hybridized carbons (Fsp3) is 0.692. The molecule has 1 aromatic rings. The molecule has 0 saturated carbocycles. The second-order valence-corrected chi connectivity index (χ2v) is 4.86. The molecule has 0 unspecified atom stereocenters. The lowest BCUT2D eigenvalue weighted by Gasteiger charge is -2.23. The summed E-state index contributed by atoms with van der Waals surface area (Å²) in [6, 6.07) is 0.252. The average Bonchev–Trinajstić information content (AvgIpc) is 2.71. The Kier molecular flexibility index (Phi) is 4.93. The van der Waals surface area contributed by atoms with Gasteiger partial charge in [-0.05, 0) is 26.7 Å². The highest BCUT2D eigenvalue weighted by atomic mass is 16.5. The first-order valence-electron chi connectivity index (χ1n) is 6.66. The summed E-state index contributed by atoms with van der Waals surface area (Å²) in [6.45, 7) is 6.15. The fourth-order valence-electron chi connectivity index (χ4n) is 2.18. The highest BCUT2D eigenvalue weighted by molar-refractivity contribution is 5.78. The lowest BCUT2D eigenvalue weighted by molar-refractivity contribution is -0.121. The number of carbonyl (C=O) groups excluding carboxylic acids is 1. The summed E-state index contributed by atoms with van der Waals surface area (Å²) in [5.41, 5.74) is 1.90. The van der Waals surface area contributed by atoms with Crippen LogP contribution in [0, 0.1) is 13.8 Å². The molecule has 2 rings (SSSR count). The molecule has 1 saturated heterocycles. The average molecular weight is 267 g/mol. The Morgan fingerprint density at radius 2 is 2.11 bits per heavy atom. The molecule has 0 atom stereocenters. The zero-order valence-corrected chi connectivity index (χ0v) is 11.5. The lowest BCUT2D eigenvalue weighted by atomic mass is 10.1. The van der Waals surface area contributed by atoms with Gasteiger partial charge in [-0.25, -0.2) is 0 Å². The number of nitrogens with one attached hydrogen (secondary N) is 2. The minimum absolute atomic E-state index is 0.0265. The molecule has 1 aromatic heterocycles. The van der Waals surface area contributed by atoms with Gasteiger partial charge in [0.15, 0.2) is 0 Å². The van der Waals surface area contributed by atoms with Gasteiger partial charge in [0.2, 0.25) is 5.91 Å². The number of ether oxygens (including phenoxy) is 1. The van der Waals surface area contributed by atoms with Gasteiger partial charge in [-0.3, -0.25) is 4.79 Å². The first kappa shape index (κ1) is 14.0. The number of aromatic nitrogens is 1. The molecule has 2 heterocycles. The largest absolute Gasteiger partial charge is 0.381 e. The maximum absolute atomic E-state index is 11.8. The molecule has 0 aromatic carbocycles. The molecule has 19 heavy (non-hydrogen) atoms. The van der Waals surface area contributed by atoms with Crippen LogP contribution in [-0.2, 0) is 16.1 Å². The van der Waals surface area contributed by atoms with Gasteiger partial charge in [-0.15, -0.1) is 0 Å². The van der Waals surface area contributed by atoms with Gasteiger partial charge in [0, 0.05) is 31.4 Å². The number of carbonyl (C=O) groups is 1. The van der Waals surface area contributed by atoms with Gasteiger partial charge < -0.3 is 19.9 Å². The molecule has 6 nitrogen and oxygen atoms in total. The Balaban J connectivity index is 1.69.